The van der Waals surface area contributed by atoms with Crippen LogP contribution < -0.4 is 20.2 Å². The minimum absolute atomic E-state index is 0.0481. The third kappa shape index (κ3) is 3.85. The van der Waals surface area contributed by atoms with Crippen LogP contribution in [0.3, 0.4) is 0 Å². The van der Waals surface area contributed by atoms with Crippen molar-refractivity contribution in [3.63, 3.8) is 0 Å². The lowest BCUT2D eigenvalue weighted by Gasteiger charge is -2.44. The molecule has 0 unspecified atom stereocenters. The molecule has 35 heavy (non-hydrogen) atoms. The summed E-state index contributed by atoms with van der Waals surface area (Å²) in [4.78, 5) is 41.3. The van der Waals surface area contributed by atoms with Gasteiger partial charge in [-0.3, -0.25) is 14.4 Å². The zero-order valence-corrected chi connectivity index (χ0v) is 19.3. The maximum Gasteiger partial charge on any atom is 0.276 e. The Labute approximate surface area is 200 Å². The van der Waals surface area contributed by atoms with Gasteiger partial charge in [-0.05, 0) is 38.2 Å². The fourth-order valence-corrected chi connectivity index (χ4v) is 5.31. The number of nitrogens with zero attached hydrogens (tertiary/aromatic N) is 2. The molecule has 2 aromatic rings. The first-order chi connectivity index (χ1) is 16.9. The second-order valence-corrected chi connectivity index (χ2v) is 9.55. The number of aromatic nitrogens is 1. The summed E-state index contributed by atoms with van der Waals surface area (Å²) in [5, 5.41) is 2.72. The quantitative estimate of drug-likeness (QED) is 0.677. The number of methoxy groups -OCH3 is 1. The molecule has 184 valence electrons. The van der Waals surface area contributed by atoms with Gasteiger partial charge in [0.2, 0.25) is 5.43 Å². The van der Waals surface area contributed by atoms with Crippen LogP contribution in [0.15, 0.2) is 29.2 Å². The van der Waals surface area contributed by atoms with Gasteiger partial charge in [0.1, 0.15) is 17.1 Å². The van der Waals surface area contributed by atoms with Gasteiger partial charge in [-0.2, -0.15) is 0 Å². The highest BCUT2D eigenvalue weighted by Gasteiger charge is 2.47. The monoisotopic (exact) mass is 483 g/mol. The molecule has 3 atom stereocenters. The Balaban J connectivity index is 1.28. The van der Waals surface area contributed by atoms with Crippen LogP contribution in [-0.2, 0) is 17.8 Å². The first-order valence-corrected chi connectivity index (χ1v) is 12.0. The first kappa shape index (κ1) is 22.1. The molecule has 3 heterocycles. The van der Waals surface area contributed by atoms with Crippen molar-refractivity contribution in [3.05, 3.63) is 57.3 Å². The number of carbonyl (C=O) groups is 2. The SMILES string of the molecule is COc1c2n(cc(C(=O)NCc3ccc(F)cc3OC3CC3)c1=O)C[C@H]1O[C@@H]3CC[C@@H](C3)N1C2=O. The number of ether oxygens (including phenoxy) is 3. The van der Waals surface area contributed by atoms with Crippen molar-refractivity contribution < 1.29 is 28.2 Å². The van der Waals surface area contributed by atoms with Crippen molar-refractivity contribution in [2.45, 2.75) is 69.7 Å². The maximum absolute atomic E-state index is 13.7. The topological polar surface area (TPSA) is 99.1 Å². The van der Waals surface area contributed by atoms with E-state index in [1.807, 2.05) is 0 Å². The van der Waals surface area contributed by atoms with Crippen molar-refractivity contribution in [1.82, 2.24) is 14.8 Å². The average molecular weight is 483 g/mol. The molecule has 2 aliphatic carbocycles. The fourth-order valence-electron chi connectivity index (χ4n) is 5.31. The van der Waals surface area contributed by atoms with Crippen molar-refractivity contribution >= 4 is 11.8 Å². The molecule has 2 amide bonds. The van der Waals surface area contributed by atoms with Gasteiger partial charge in [0.25, 0.3) is 11.8 Å². The Morgan fingerprint density at radius 1 is 1.23 bits per heavy atom. The lowest BCUT2D eigenvalue weighted by molar-refractivity contribution is -0.132. The molecule has 1 saturated heterocycles. The van der Waals surface area contributed by atoms with Crippen molar-refractivity contribution in [2.75, 3.05) is 7.11 Å². The van der Waals surface area contributed by atoms with Gasteiger partial charge in [-0.15, -0.1) is 0 Å². The van der Waals surface area contributed by atoms with Gasteiger partial charge in [0.15, 0.2) is 17.7 Å². The predicted molar refractivity (Wildman–Crippen MR) is 121 cm³/mol. The number of benzene rings is 1. The first-order valence-electron chi connectivity index (χ1n) is 12.0. The van der Waals surface area contributed by atoms with E-state index in [9.17, 15) is 18.8 Å². The molecule has 1 N–H and O–H groups in total. The van der Waals surface area contributed by atoms with Crippen LogP contribution in [0.1, 0.15) is 58.5 Å². The summed E-state index contributed by atoms with van der Waals surface area (Å²) in [6, 6.07) is 4.23. The van der Waals surface area contributed by atoms with E-state index in [0.29, 0.717) is 17.9 Å². The molecule has 2 aliphatic heterocycles. The van der Waals surface area contributed by atoms with Gasteiger partial charge in [-0.25, -0.2) is 4.39 Å². The normalized spacial score (nSPS) is 24.6. The van der Waals surface area contributed by atoms with E-state index in [1.165, 1.54) is 25.4 Å². The standard InChI is InChI=1S/C25H26FN3O6/c1-33-23-21-25(32)29-15-4-5-17(9-15)35-20(29)12-28(21)11-18(22(23)30)24(31)27-10-13-2-3-14(26)8-19(13)34-16-6-7-16/h2-3,8,11,15-17,20H,4-7,9-10,12H2,1H3,(H,27,31)/t15-,17+,20+/m0/s1. The summed E-state index contributed by atoms with van der Waals surface area (Å²) < 4.78 is 32.5. The van der Waals surface area contributed by atoms with Crippen LogP contribution in [0.25, 0.3) is 0 Å². The van der Waals surface area contributed by atoms with Gasteiger partial charge >= 0.3 is 0 Å². The van der Waals surface area contributed by atoms with Crippen LogP contribution in [0.2, 0.25) is 0 Å². The molecule has 6 rings (SSSR count). The Hall–Kier alpha value is -3.40. The minimum atomic E-state index is -0.654. The molecule has 0 spiro atoms. The Bertz CT molecular complexity index is 1270. The third-order valence-corrected chi connectivity index (χ3v) is 7.17. The third-order valence-electron chi connectivity index (χ3n) is 7.17. The Kier molecular flexibility index (Phi) is 5.28. The average Bonchev–Trinajstić information content (AvgIpc) is 3.58. The molecule has 9 nitrogen and oxygen atoms in total. The van der Waals surface area contributed by atoms with Crippen LogP contribution >= 0.6 is 0 Å². The van der Waals surface area contributed by atoms with Gasteiger partial charge in [0.05, 0.1) is 25.9 Å². The smallest absolute Gasteiger partial charge is 0.276 e. The van der Waals surface area contributed by atoms with E-state index in [-0.39, 0.29) is 47.7 Å². The van der Waals surface area contributed by atoms with Crippen molar-refractivity contribution in [3.8, 4) is 11.5 Å². The zero-order valence-electron chi connectivity index (χ0n) is 19.3. The molecule has 2 saturated carbocycles. The molecular formula is C25H26FN3O6. The summed E-state index contributed by atoms with van der Waals surface area (Å²) in [5.74, 6) is -1.14. The van der Waals surface area contributed by atoms with Gasteiger partial charge in [0, 0.05) is 30.4 Å². The molecule has 0 radical (unpaired) electrons. The van der Waals surface area contributed by atoms with Gasteiger partial charge in [-0.1, -0.05) is 6.07 Å². The highest BCUT2D eigenvalue weighted by Crippen LogP contribution is 2.39. The predicted octanol–water partition coefficient (Wildman–Crippen LogP) is 2.20. The van der Waals surface area contributed by atoms with E-state index in [0.717, 1.165) is 32.1 Å². The number of halogens is 1. The Morgan fingerprint density at radius 3 is 2.83 bits per heavy atom. The number of rotatable bonds is 6. The lowest BCUT2D eigenvalue weighted by atomic mass is 10.1. The minimum Gasteiger partial charge on any atom is -0.491 e. The summed E-state index contributed by atoms with van der Waals surface area (Å²) in [5.41, 5.74) is -0.0530. The number of pyridine rings is 1. The zero-order chi connectivity index (χ0) is 24.3. The summed E-state index contributed by atoms with van der Waals surface area (Å²) in [6.45, 7) is 0.356. The number of nitrogens with one attached hydrogen (secondary N) is 1. The lowest BCUT2D eigenvalue weighted by Crippen LogP contribution is -2.57. The van der Waals surface area contributed by atoms with E-state index in [1.54, 1.807) is 15.5 Å². The molecular weight excluding hydrogens is 457 g/mol. The maximum atomic E-state index is 13.7. The highest BCUT2D eigenvalue weighted by molar-refractivity contribution is 5.99. The van der Waals surface area contributed by atoms with Crippen LogP contribution in [0.5, 0.6) is 11.5 Å². The van der Waals surface area contributed by atoms with Crippen LogP contribution in [0.4, 0.5) is 4.39 Å². The molecule has 1 aromatic carbocycles. The number of fused-ring (bicyclic) bond motifs is 5. The fraction of sp³-hybridized carbons (Fsp3) is 0.480. The number of amides is 2. The molecule has 2 bridgehead atoms. The highest BCUT2D eigenvalue weighted by atomic mass is 19.1. The summed E-state index contributed by atoms with van der Waals surface area (Å²) in [7, 11) is 1.32. The van der Waals surface area contributed by atoms with Crippen molar-refractivity contribution in [2.24, 2.45) is 0 Å². The number of carbonyl (C=O) groups excluding carboxylic acids is 2. The summed E-state index contributed by atoms with van der Waals surface area (Å²) in [6.07, 6.45) is 5.55. The van der Waals surface area contributed by atoms with Crippen molar-refractivity contribution in [1.29, 1.82) is 0 Å². The van der Waals surface area contributed by atoms with Crippen LogP contribution in [0, 0.1) is 5.82 Å². The molecule has 3 fully saturated rings. The van der Waals surface area contributed by atoms with E-state index in [4.69, 9.17) is 14.2 Å². The van der Waals surface area contributed by atoms with E-state index in [2.05, 4.69) is 5.32 Å². The second-order valence-electron chi connectivity index (χ2n) is 9.55. The molecule has 4 aliphatic rings. The van der Waals surface area contributed by atoms with Crippen LogP contribution in [-0.4, -0.2) is 52.9 Å². The largest absolute Gasteiger partial charge is 0.491 e. The number of hydrogen-bond acceptors (Lipinski definition) is 6. The Morgan fingerprint density at radius 2 is 2.06 bits per heavy atom. The molecule has 1 aromatic heterocycles. The number of hydrogen-bond donors (Lipinski definition) is 1. The molecule has 10 heteroatoms. The second kappa shape index (κ2) is 8.37. The van der Waals surface area contributed by atoms with E-state index < -0.39 is 23.4 Å². The van der Waals surface area contributed by atoms with E-state index >= 15 is 0 Å². The van der Waals surface area contributed by atoms with Gasteiger partial charge < -0.3 is 29.0 Å². The summed E-state index contributed by atoms with van der Waals surface area (Å²) >= 11 is 0.